The first kappa shape index (κ1) is 15.2. The molecule has 3 heteroatoms. The SMILES string of the molecule is CCCCCC(NCc1nc(C)cs1)c1ccccc1. The van der Waals surface area contributed by atoms with E-state index in [0.29, 0.717) is 6.04 Å². The largest absolute Gasteiger partial charge is 0.304 e. The number of nitrogens with one attached hydrogen (secondary N) is 1. The zero-order chi connectivity index (χ0) is 14.2. The van der Waals surface area contributed by atoms with E-state index in [4.69, 9.17) is 0 Å². The van der Waals surface area contributed by atoms with Gasteiger partial charge in [0.25, 0.3) is 0 Å². The van der Waals surface area contributed by atoms with Gasteiger partial charge in [0.15, 0.2) is 0 Å². The first-order chi connectivity index (χ1) is 9.79. The molecule has 0 bridgehead atoms. The molecule has 2 aromatic rings. The van der Waals surface area contributed by atoms with Crippen molar-refractivity contribution in [2.45, 2.75) is 52.1 Å². The fourth-order valence-electron chi connectivity index (χ4n) is 2.36. The van der Waals surface area contributed by atoms with Crippen molar-refractivity contribution in [1.82, 2.24) is 10.3 Å². The summed E-state index contributed by atoms with van der Waals surface area (Å²) in [6.07, 6.45) is 5.05. The van der Waals surface area contributed by atoms with E-state index in [2.05, 4.69) is 59.9 Å². The van der Waals surface area contributed by atoms with Crippen molar-refractivity contribution in [3.05, 3.63) is 52.0 Å². The van der Waals surface area contributed by atoms with E-state index in [1.165, 1.54) is 36.3 Å². The number of hydrogen-bond acceptors (Lipinski definition) is 3. The van der Waals surface area contributed by atoms with E-state index in [-0.39, 0.29) is 0 Å². The molecule has 0 spiro atoms. The van der Waals surface area contributed by atoms with Crippen LogP contribution in [0.4, 0.5) is 0 Å². The van der Waals surface area contributed by atoms with Gasteiger partial charge in [-0.15, -0.1) is 11.3 Å². The van der Waals surface area contributed by atoms with E-state index in [1.54, 1.807) is 11.3 Å². The molecule has 20 heavy (non-hydrogen) atoms. The molecular weight excluding hydrogens is 264 g/mol. The van der Waals surface area contributed by atoms with Gasteiger partial charge in [0.1, 0.15) is 5.01 Å². The van der Waals surface area contributed by atoms with Gasteiger partial charge in [0.05, 0.1) is 0 Å². The Hall–Kier alpha value is -1.19. The summed E-state index contributed by atoms with van der Waals surface area (Å²) in [6, 6.07) is 11.2. The zero-order valence-electron chi connectivity index (χ0n) is 12.4. The summed E-state index contributed by atoms with van der Waals surface area (Å²) in [5.41, 5.74) is 2.51. The summed E-state index contributed by atoms with van der Waals surface area (Å²) >= 11 is 1.74. The predicted octanol–water partition coefficient (Wildman–Crippen LogP) is 4.86. The number of aryl methyl sites for hydroxylation is 1. The third-order valence-corrected chi connectivity index (χ3v) is 4.43. The molecule has 1 aromatic carbocycles. The molecule has 1 N–H and O–H groups in total. The lowest BCUT2D eigenvalue weighted by Gasteiger charge is -2.18. The number of hydrogen-bond donors (Lipinski definition) is 1. The summed E-state index contributed by atoms with van der Waals surface area (Å²) in [5.74, 6) is 0. The quantitative estimate of drug-likeness (QED) is 0.701. The second kappa shape index (κ2) is 8.18. The van der Waals surface area contributed by atoms with Gasteiger partial charge in [-0.1, -0.05) is 56.5 Å². The van der Waals surface area contributed by atoms with Crippen molar-refractivity contribution in [2.24, 2.45) is 0 Å². The minimum atomic E-state index is 0.437. The van der Waals surface area contributed by atoms with E-state index in [9.17, 15) is 0 Å². The molecule has 0 saturated heterocycles. The number of unbranched alkanes of at least 4 members (excludes halogenated alkanes) is 2. The molecule has 0 aliphatic rings. The summed E-state index contributed by atoms with van der Waals surface area (Å²) in [5, 5.41) is 6.97. The van der Waals surface area contributed by atoms with Gasteiger partial charge in [0.2, 0.25) is 0 Å². The van der Waals surface area contributed by atoms with Crippen molar-refractivity contribution in [1.29, 1.82) is 0 Å². The minimum absolute atomic E-state index is 0.437. The molecule has 2 nitrogen and oxygen atoms in total. The molecule has 0 aliphatic heterocycles. The van der Waals surface area contributed by atoms with E-state index < -0.39 is 0 Å². The van der Waals surface area contributed by atoms with Crippen molar-refractivity contribution in [3.63, 3.8) is 0 Å². The topological polar surface area (TPSA) is 24.9 Å². The maximum Gasteiger partial charge on any atom is 0.107 e. The van der Waals surface area contributed by atoms with Gasteiger partial charge in [-0.05, 0) is 18.9 Å². The van der Waals surface area contributed by atoms with E-state index in [0.717, 1.165) is 12.2 Å². The van der Waals surface area contributed by atoms with Crippen LogP contribution in [0, 0.1) is 6.92 Å². The molecule has 0 saturated carbocycles. The zero-order valence-corrected chi connectivity index (χ0v) is 13.2. The number of thiazole rings is 1. The Morgan fingerprint density at radius 3 is 2.65 bits per heavy atom. The second-order valence-corrected chi connectivity index (χ2v) is 6.17. The van der Waals surface area contributed by atoms with Crippen LogP contribution >= 0.6 is 11.3 Å². The van der Waals surface area contributed by atoms with Gasteiger partial charge in [-0.25, -0.2) is 4.98 Å². The Kier molecular flexibility index (Phi) is 6.22. The molecule has 108 valence electrons. The van der Waals surface area contributed by atoms with Crippen LogP contribution in [0.1, 0.15) is 54.9 Å². The Bertz CT molecular complexity index is 493. The van der Waals surface area contributed by atoms with Crippen LogP contribution < -0.4 is 5.32 Å². The molecule has 0 radical (unpaired) electrons. The highest BCUT2D eigenvalue weighted by Crippen LogP contribution is 2.21. The fourth-order valence-corrected chi connectivity index (χ4v) is 3.09. The van der Waals surface area contributed by atoms with Gasteiger partial charge < -0.3 is 5.32 Å². The van der Waals surface area contributed by atoms with Crippen LogP contribution in [0.2, 0.25) is 0 Å². The lowest BCUT2D eigenvalue weighted by molar-refractivity contribution is 0.473. The van der Waals surface area contributed by atoms with Crippen LogP contribution in [0.3, 0.4) is 0 Å². The fraction of sp³-hybridized carbons (Fsp3) is 0.471. The Morgan fingerprint density at radius 2 is 2.00 bits per heavy atom. The second-order valence-electron chi connectivity index (χ2n) is 5.22. The molecule has 1 heterocycles. The average molecular weight is 288 g/mol. The van der Waals surface area contributed by atoms with Crippen LogP contribution in [0.25, 0.3) is 0 Å². The molecule has 2 rings (SSSR count). The normalized spacial score (nSPS) is 12.5. The molecule has 1 atom stereocenters. The molecule has 0 aliphatic carbocycles. The van der Waals surface area contributed by atoms with Crippen LogP contribution in [-0.4, -0.2) is 4.98 Å². The van der Waals surface area contributed by atoms with Crippen molar-refractivity contribution in [2.75, 3.05) is 0 Å². The number of rotatable bonds is 8. The molecule has 1 aromatic heterocycles. The first-order valence-electron chi connectivity index (χ1n) is 7.49. The smallest absolute Gasteiger partial charge is 0.107 e. The molecule has 0 amide bonds. The molecule has 0 fully saturated rings. The third-order valence-electron chi connectivity index (χ3n) is 3.46. The minimum Gasteiger partial charge on any atom is -0.304 e. The van der Waals surface area contributed by atoms with Gasteiger partial charge in [-0.3, -0.25) is 0 Å². The standard InChI is InChI=1S/C17H24N2S/c1-3-4-6-11-16(15-9-7-5-8-10-15)18-12-17-19-14(2)13-20-17/h5,7-10,13,16,18H,3-4,6,11-12H2,1-2H3. The monoisotopic (exact) mass is 288 g/mol. The predicted molar refractivity (Wildman–Crippen MR) is 87.0 cm³/mol. The maximum atomic E-state index is 4.53. The Labute approximate surface area is 126 Å². The van der Waals surface area contributed by atoms with Crippen molar-refractivity contribution < 1.29 is 0 Å². The van der Waals surface area contributed by atoms with E-state index in [1.807, 2.05) is 0 Å². The van der Waals surface area contributed by atoms with Crippen molar-refractivity contribution >= 4 is 11.3 Å². The lowest BCUT2D eigenvalue weighted by atomic mass is 10.0. The van der Waals surface area contributed by atoms with Gasteiger partial charge in [0, 0.05) is 23.7 Å². The molecular formula is C17H24N2S. The maximum absolute atomic E-state index is 4.53. The summed E-state index contributed by atoms with van der Waals surface area (Å²) in [4.78, 5) is 4.53. The lowest BCUT2D eigenvalue weighted by Crippen LogP contribution is -2.21. The Morgan fingerprint density at radius 1 is 1.20 bits per heavy atom. The average Bonchev–Trinajstić information content (AvgIpc) is 2.89. The Balaban J connectivity index is 1.95. The van der Waals surface area contributed by atoms with Crippen molar-refractivity contribution in [3.8, 4) is 0 Å². The van der Waals surface area contributed by atoms with Gasteiger partial charge >= 0.3 is 0 Å². The highest BCUT2D eigenvalue weighted by molar-refractivity contribution is 7.09. The van der Waals surface area contributed by atoms with Crippen LogP contribution in [0.15, 0.2) is 35.7 Å². The third kappa shape index (κ3) is 4.73. The molecule has 1 unspecified atom stereocenters. The summed E-state index contributed by atoms with van der Waals surface area (Å²) in [7, 11) is 0. The highest BCUT2D eigenvalue weighted by atomic mass is 32.1. The first-order valence-corrected chi connectivity index (χ1v) is 8.37. The van der Waals surface area contributed by atoms with Crippen LogP contribution in [0.5, 0.6) is 0 Å². The number of benzene rings is 1. The number of nitrogens with zero attached hydrogens (tertiary/aromatic N) is 1. The highest BCUT2D eigenvalue weighted by Gasteiger charge is 2.11. The van der Waals surface area contributed by atoms with Crippen LogP contribution in [-0.2, 0) is 6.54 Å². The van der Waals surface area contributed by atoms with Gasteiger partial charge in [-0.2, -0.15) is 0 Å². The van der Waals surface area contributed by atoms with E-state index >= 15 is 0 Å². The summed E-state index contributed by atoms with van der Waals surface area (Å²) < 4.78 is 0. The number of aromatic nitrogens is 1. The summed E-state index contributed by atoms with van der Waals surface area (Å²) in [6.45, 7) is 5.17.